The molecule has 2 aromatic rings. The summed E-state index contributed by atoms with van der Waals surface area (Å²) < 4.78 is 5.18. The van der Waals surface area contributed by atoms with E-state index in [9.17, 15) is 9.90 Å². The summed E-state index contributed by atoms with van der Waals surface area (Å²) in [7, 11) is 0. The molecule has 1 saturated heterocycles. The van der Waals surface area contributed by atoms with Crippen molar-refractivity contribution in [3.05, 3.63) is 60.1 Å². The number of benzene rings is 1. The highest BCUT2D eigenvalue weighted by atomic mass is 35.5. The van der Waals surface area contributed by atoms with Crippen molar-refractivity contribution in [1.82, 2.24) is 4.90 Å². The van der Waals surface area contributed by atoms with Crippen molar-refractivity contribution in [2.75, 3.05) is 26.2 Å². The number of carbonyl (C=O) groups excluding carboxylic acids is 1. The average Bonchev–Trinajstić information content (AvgIpc) is 3.15. The first kappa shape index (κ1) is 18.5. The normalized spacial score (nSPS) is 17.8. The number of hydrogen-bond donors (Lipinski definition) is 2. The van der Waals surface area contributed by atoms with Crippen LogP contribution in [0.15, 0.2) is 53.1 Å². The number of quaternary nitrogens is 1. The number of amides is 1. The quantitative estimate of drug-likeness (QED) is 0.655. The standard InChI is InChI=1S/C18H22N2O3.ClH/c1-14(17(21)15-6-3-2-4-7-15)19-9-11-20(12-10-19)18(22)16-8-5-13-23-16;/h2-8,13-14,17,21H,9-12H2,1H3;1H. The van der Waals surface area contributed by atoms with Gasteiger partial charge in [0.15, 0.2) is 5.76 Å². The lowest BCUT2D eigenvalue weighted by molar-refractivity contribution is -0.931. The number of rotatable bonds is 4. The van der Waals surface area contributed by atoms with Crippen molar-refractivity contribution in [3.63, 3.8) is 0 Å². The predicted molar refractivity (Wildman–Crippen MR) is 86.2 cm³/mol. The first-order valence-corrected chi connectivity index (χ1v) is 8.07. The second kappa shape index (κ2) is 8.33. The third-order valence-electron chi connectivity index (χ3n) is 4.68. The molecule has 0 bridgehead atoms. The third-order valence-corrected chi connectivity index (χ3v) is 4.68. The summed E-state index contributed by atoms with van der Waals surface area (Å²) in [6.45, 7) is 5.09. The highest BCUT2D eigenvalue weighted by Crippen LogP contribution is 2.15. The van der Waals surface area contributed by atoms with Crippen molar-refractivity contribution in [2.24, 2.45) is 0 Å². The van der Waals surface area contributed by atoms with Crippen LogP contribution in [0.3, 0.4) is 0 Å². The van der Waals surface area contributed by atoms with Gasteiger partial charge in [-0.15, -0.1) is 0 Å². The van der Waals surface area contributed by atoms with Gasteiger partial charge in [-0.05, 0) is 24.6 Å². The molecule has 3 rings (SSSR count). The molecule has 1 aromatic carbocycles. The zero-order valence-electron chi connectivity index (χ0n) is 13.7. The molecule has 24 heavy (non-hydrogen) atoms. The minimum absolute atomic E-state index is 0. The number of hydrogen-bond acceptors (Lipinski definition) is 3. The second-order valence-corrected chi connectivity index (χ2v) is 6.07. The van der Waals surface area contributed by atoms with E-state index < -0.39 is 6.10 Å². The van der Waals surface area contributed by atoms with Crippen molar-refractivity contribution in [1.29, 1.82) is 0 Å². The maximum absolute atomic E-state index is 12.3. The van der Waals surface area contributed by atoms with Crippen LogP contribution in [0.4, 0.5) is 0 Å². The molecule has 1 aromatic heterocycles. The molecular formula is C18H23ClN2O3. The fourth-order valence-electron chi connectivity index (χ4n) is 3.17. The first-order chi connectivity index (χ1) is 11.2. The Bertz CT molecular complexity index is 625. The predicted octanol–water partition coefficient (Wildman–Crippen LogP) is -2.25. The zero-order chi connectivity index (χ0) is 16.2. The number of carbonyl (C=O) groups is 1. The summed E-state index contributed by atoms with van der Waals surface area (Å²) >= 11 is 0. The van der Waals surface area contributed by atoms with E-state index in [0.29, 0.717) is 18.8 Å². The number of halogens is 1. The lowest BCUT2D eigenvalue weighted by Crippen LogP contribution is -3.18. The van der Waals surface area contributed by atoms with Crippen LogP contribution in [-0.2, 0) is 0 Å². The van der Waals surface area contributed by atoms with Crippen LogP contribution < -0.4 is 17.3 Å². The smallest absolute Gasteiger partial charge is 0.289 e. The number of nitrogens with one attached hydrogen (secondary N) is 1. The van der Waals surface area contributed by atoms with Crippen LogP contribution in [0.25, 0.3) is 0 Å². The monoisotopic (exact) mass is 350 g/mol. The van der Waals surface area contributed by atoms with Crippen LogP contribution in [0.2, 0.25) is 0 Å². The van der Waals surface area contributed by atoms with Gasteiger partial charge in [0, 0.05) is 0 Å². The van der Waals surface area contributed by atoms with E-state index in [1.807, 2.05) is 35.2 Å². The maximum Gasteiger partial charge on any atom is 0.289 e. The van der Waals surface area contributed by atoms with Gasteiger partial charge >= 0.3 is 0 Å². The molecule has 2 atom stereocenters. The van der Waals surface area contributed by atoms with Gasteiger partial charge in [0.05, 0.1) is 32.4 Å². The molecule has 0 saturated carbocycles. The van der Waals surface area contributed by atoms with Crippen molar-refractivity contribution in [2.45, 2.75) is 19.1 Å². The number of aliphatic hydroxyl groups excluding tert-OH is 1. The second-order valence-electron chi connectivity index (χ2n) is 6.07. The van der Waals surface area contributed by atoms with Crippen LogP contribution in [0.5, 0.6) is 0 Å². The molecule has 130 valence electrons. The summed E-state index contributed by atoms with van der Waals surface area (Å²) in [5, 5.41) is 10.6. The molecule has 1 amide bonds. The lowest BCUT2D eigenvalue weighted by atomic mass is 10.0. The van der Waals surface area contributed by atoms with Crippen molar-refractivity contribution >= 4 is 5.91 Å². The van der Waals surface area contributed by atoms with Crippen molar-refractivity contribution < 1.29 is 31.6 Å². The van der Waals surface area contributed by atoms with E-state index >= 15 is 0 Å². The molecule has 6 heteroatoms. The first-order valence-electron chi connectivity index (χ1n) is 8.07. The van der Waals surface area contributed by atoms with Crippen LogP contribution in [-0.4, -0.2) is 48.1 Å². The number of aliphatic hydroxyl groups is 1. The van der Waals surface area contributed by atoms with Gasteiger partial charge < -0.3 is 31.7 Å². The molecule has 0 aliphatic carbocycles. The van der Waals surface area contributed by atoms with E-state index in [2.05, 4.69) is 6.92 Å². The summed E-state index contributed by atoms with van der Waals surface area (Å²) in [6.07, 6.45) is 1.03. The minimum atomic E-state index is -0.487. The summed E-state index contributed by atoms with van der Waals surface area (Å²) in [6, 6.07) is 13.3. The molecule has 1 aliphatic heterocycles. The Morgan fingerprint density at radius 1 is 1.17 bits per heavy atom. The molecule has 0 spiro atoms. The van der Waals surface area contributed by atoms with Gasteiger partial charge in [-0.3, -0.25) is 4.79 Å². The molecule has 2 N–H and O–H groups in total. The maximum atomic E-state index is 12.3. The highest BCUT2D eigenvalue weighted by molar-refractivity contribution is 5.91. The minimum Gasteiger partial charge on any atom is -1.00 e. The molecule has 5 nitrogen and oxygen atoms in total. The Balaban J connectivity index is 0.00000208. The number of piperazine rings is 1. The van der Waals surface area contributed by atoms with Gasteiger partial charge in [0.25, 0.3) is 5.91 Å². The van der Waals surface area contributed by atoms with Gasteiger partial charge in [-0.25, -0.2) is 0 Å². The zero-order valence-corrected chi connectivity index (χ0v) is 14.4. The molecule has 1 fully saturated rings. The van der Waals surface area contributed by atoms with Gasteiger partial charge in [0.1, 0.15) is 12.1 Å². The Hall–Kier alpha value is -1.82. The summed E-state index contributed by atoms with van der Waals surface area (Å²) in [5.41, 5.74) is 0.946. The van der Waals surface area contributed by atoms with E-state index in [4.69, 9.17) is 4.42 Å². The summed E-state index contributed by atoms with van der Waals surface area (Å²) in [4.78, 5) is 15.4. The SMILES string of the molecule is CC(C(O)c1ccccc1)[NH+]1CCN(C(=O)c2ccco2)CC1.[Cl-]. The van der Waals surface area contributed by atoms with E-state index in [-0.39, 0.29) is 24.4 Å². The Labute approximate surface area is 148 Å². The number of furan rings is 1. The van der Waals surface area contributed by atoms with Crippen LogP contribution in [0, 0.1) is 0 Å². The molecule has 0 radical (unpaired) electrons. The number of nitrogens with zero attached hydrogens (tertiary/aromatic N) is 1. The topological polar surface area (TPSA) is 58.1 Å². The molecule has 1 aliphatic rings. The lowest BCUT2D eigenvalue weighted by Gasteiger charge is -2.36. The largest absolute Gasteiger partial charge is 1.00 e. The Morgan fingerprint density at radius 2 is 1.83 bits per heavy atom. The van der Waals surface area contributed by atoms with Gasteiger partial charge in [-0.2, -0.15) is 0 Å². The van der Waals surface area contributed by atoms with Gasteiger partial charge in [0.2, 0.25) is 0 Å². The van der Waals surface area contributed by atoms with Gasteiger partial charge in [-0.1, -0.05) is 30.3 Å². The molecule has 2 heterocycles. The van der Waals surface area contributed by atoms with E-state index in [0.717, 1.165) is 18.7 Å². The Kier molecular flexibility index (Phi) is 6.43. The average molecular weight is 351 g/mol. The van der Waals surface area contributed by atoms with E-state index in [1.54, 1.807) is 12.1 Å². The molecular weight excluding hydrogens is 328 g/mol. The van der Waals surface area contributed by atoms with Crippen LogP contribution >= 0.6 is 0 Å². The van der Waals surface area contributed by atoms with E-state index in [1.165, 1.54) is 11.2 Å². The van der Waals surface area contributed by atoms with Crippen molar-refractivity contribution in [3.8, 4) is 0 Å². The van der Waals surface area contributed by atoms with Crippen LogP contribution in [0.1, 0.15) is 29.1 Å². The highest BCUT2D eigenvalue weighted by Gasteiger charge is 2.32. The fraction of sp³-hybridized carbons (Fsp3) is 0.389. The third kappa shape index (κ3) is 3.98. The Morgan fingerprint density at radius 3 is 2.42 bits per heavy atom. The molecule has 2 unspecified atom stereocenters. The summed E-state index contributed by atoms with van der Waals surface area (Å²) in [5.74, 6) is 0.344. The fourth-order valence-corrected chi connectivity index (χ4v) is 3.17.